The van der Waals surface area contributed by atoms with Gasteiger partial charge in [0.2, 0.25) is 0 Å². The van der Waals surface area contributed by atoms with Crippen molar-refractivity contribution in [3.05, 3.63) is 54.2 Å². The fourth-order valence-electron chi connectivity index (χ4n) is 2.05. The third kappa shape index (κ3) is 3.98. The van der Waals surface area contributed by atoms with Crippen LogP contribution in [0.1, 0.15) is 12.0 Å². The number of nitrogens with one attached hydrogen (secondary N) is 1. The van der Waals surface area contributed by atoms with Crippen molar-refractivity contribution in [2.75, 3.05) is 30.9 Å². The number of pyridine rings is 1. The lowest BCUT2D eigenvalue weighted by Crippen LogP contribution is -2.14. The summed E-state index contributed by atoms with van der Waals surface area (Å²) < 4.78 is 0. The van der Waals surface area contributed by atoms with Crippen molar-refractivity contribution >= 4 is 11.5 Å². The lowest BCUT2D eigenvalue weighted by molar-refractivity contribution is 0.861. The van der Waals surface area contributed by atoms with Gasteiger partial charge in [0.25, 0.3) is 0 Å². The molecule has 0 atom stereocenters. The van der Waals surface area contributed by atoms with E-state index in [9.17, 15) is 0 Å². The summed E-state index contributed by atoms with van der Waals surface area (Å²) in [6.07, 6.45) is 4.04. The Morgan fingerprint density at radius 1 is 1.05 bits per heavy atom. The minimum absolute atomic E-state index is 0.960. The van der Waals surface area contributed by atoms with Crippen molar-refractivity contribution in [3.63, 3.8) is 0 Å². The van der Waals surface area contributed by atoms with Crippen molar-refractivity contribution in [3.8, 4) is 0 Å². The Labute approximate surface area is 115 Å². The van der Waals surface area contributed by atoms with Crippen LogP contribution in [0, 0.1) is 0 Å². The first-order valence-electron chi connectivity index (χ1n) is 6.67. The third-order valence-electron chi connectivity index (χ3n) is 3.01. The second kappa shape index (κ2) is 6.78. The minimum atomic E-state index is 0.960. The van der Waals surface area contributed by atoms with Gasteiger partial charge < -0.3 is 10.2 Å². The number of benzene rings is 1. The van der Waals surface area contributed by atoms with Gasteiger partial charge in [-0.1, -0.05) is 30.3 Å². The maximum absolute atomic E-state index is 4.38. The molecule has 1 aromatic carbocycles. The molecule has 0 amide bonds. The summed E-state index contributed by atoms with van der Waals surface area (Å²) in [4.78, 5) is 6.41. The average Bonchev–Trinajstić information content (AvgIpc) is 2.45. The molecule has 3 heteroatoms. The quantitative estimate of drug-likeness (QED) is 0.803. The molecule has 0 spiro atoms. The molecule has 0 saturated heterocycles. The van der Waals surface area contributed by atoms with E-state index < -0.39 is 0 Å². The molecule has 0 aliphatic heterocycles. The van der Waals surface area contributed by atoms with E-state index in [1.54, 1.807) is 0 Å². The number of rotatable bonds is 6. The molecule has 1 N–H and O–H groups in total. The van der Waals surface area contributed by atoms with Crippen molar-refractivity contribution in [1.29, 1.82) is 0 Å². The fraction of sp³-hybridized carbons (Fsp3) is 0.312. The highest BCUT2D eigenvalue weighted by Gasteiger charge is 2.03. The molecule has 0 bridgehead atoms. The number of nitrogens with zero attached hydrogens (tertiary/aromatic N) is 2. The van der Waals surface area contributed by atoms with Crippen LogP contribution in [0.5, 0.6) is 0 Å². The zero-order valence-electron chi connectivity index (χ0n) is 11.6. The number of hydrogen-bond acceptors (Lipinski definition) is 3. The summed E-state index contributed by atoms with van der Waals surface area (Å²) in [6.45, 7) is 0.960. The average molecular weight is 255 g/mol. The molecule has 0 unspecified atom stereocenters. The zero-order chi connectivity index (χ0) is 13.5. The summed E-state index contributed by atoms with van der Waals surface area (Å²) in [5, 5.41) is 3.46. The van der Waals surface area contributed by atoms with Crippen LogP contribution in [0.3, 0.4) is 0 Å². The first kappa shape index (κ1) is 13.4. The van der Waals surface area contributed by atoms with Crippen LogP contribution in [0.4, 0.5) is 11.5 Å². The van der Waals surface area contributed by atoms with Gasteiger partial charge in [-0.15, -0.1) is 0 Å². The van der Waals surface area contributed by atoms with E-state index in [0.717, 1.165) is 30.9 Å². The molecule has 19 heavy (non-hydrogen) atoms. The van der Waals surface area contributed by atoms with E-state index in [2.05, 4.69) is 46.7 Å². The van der Waals surface area contributed by atoms with E-state index in [-0.39, 0.29) is 0 Å². The monoisotopic (exact) mass is 255 g/mol. The second-order valence-electron chi connectivity index (χ2n) is 4.78. The number of hydrogen-bond donors (Lipinski definition) is 1. The van der Waals surface area contributed by atoms with Crippen LogP contribution < -0.4 is 10.2 Å². The first-order valence-corrected chi connectivity index (χ1v) is 6.67. The SMILES string of the molecule is CN(C)c1ncccc1NCCCc1ccccc1. The first-order chi connectivity index (χ1) is 9.27. The standard InChI is InChI=1S/C16H21N3/c1-19(2)16-15(11-7-13-18-16)17-12-6-10-14-8-4-3-5-9-14/h3-5,7-9,11,13,17H,6,10,12H2,1-2H3. The Morgan fingerprint density at radius 2 is 1.84 bits per heavy atom. The minimum Gasteiger partial charge on any atom is -0.382 e. The highest BCUT2D eigenvalue weighted by atomic mass is 15.2. The van der Waals surface area contributed by atoms with Gasteiger partial charge in [0.05, 0.1) is 5.69 Å². The van der Waals surface area contributed by atoms with Gasteiger partial charge in [-0.05, 0) is 30.5 Å². The van der Waals surface area contributed by atoms with Gasteiger partial charge in [0, 0.05) is 26.8 Å². The highest BCUT2D eigenvalue weighted by Crippen LogP contribution is 2.20. The maximum atomic E-state index is 4.38. The van der Waals surface area contributed by atoms with Crippen LogP contribution in [0.15, 0.2) is 48.7 Å². The van der Waals surface area contributed by atoms with E-state index in [4.69, 9.17) is 0 Å². The predicted molar refractivity (Wildman–Crippen MR) is 81.8 cm³/mol. The molecule has 0 aliphatic rings. The fourth-order valence-corrected chi connectivity index (χ4v) is 2.05. The zero-order valence-corrected chi connectivity index (χ0v) is 11.6. The number of aromatic nitrogens is 1. The molecule has 2 aromatic rings. The normalized spacial score (nSPS) is 10.2. The molecule has 0 fully saturated rings. The van der Waals surface area contributed by atoms with Gasteiger partial charge >= 0.3 is 0 Å². The van der Waals surface area contributed by atoms with Gasteiger partial charge in [0.15, 0.2) is 5.82 Å². The van der Waals surface area contributed by atoms with Crippen molar-refractivity contribution < 1.29 is 0 Å². The molecule has 100 valence electrons. The molecule has 0 radical (unpaired) electrons. The summed E-state index contributed by atoms with van der Waals surface area (Å²) in [7, 11) is 4.02. The number of anilines is 2. The lowest BCUT2D eigenvalue weighted by Gasteiger charge is -2.16. The van der Waals surface area contributed by atoms with Crippen LogP contribution in [-0.4, -0.2) is 25.6 Å². The van der Waals surface area contributed by atoms with E-state index in [0.29, 0.717) is 0 Å². The third-order valence-corrected chi connectivity index (χ3v) is 3.01. The van der Waals surface area contributed by atoms with Crippen molar-refractivity contribution in [1.82, 2.24) is 4.98 Å². The molecule has 0 saturated carbocycles. The molecule has 2 rings (SSSR count). The van der Waals surface area contributed by atoms with Gasteiger partial charge in [-0.3, -0.25) is 0 Å². The van der Waals surface area contributed by atoms with Crippen LogP contribution >= 0.6 is 0 Å². The van der Waals surface area contributed by atoms with E-state index in [1.165, 1.54) is 5.56 Å². The molecular formula is C16H21N3. The largest absolute Gasteiger partial charge is 0.382 e. The Hall–Kier alpha value is -2.03. The van der Waals surface area contributed by atoms with Crippen molar-refractivity contribution in [2.24, 2.45) is 0 Å². The summed E-state index contributed by atoms with van der Waals surface area (Å²) in [5.41, 5.74) is 2.49. The predicted octanol–water partition coefficient (Wildman–Crippen LogP) is 3.19. The molecule has 1 aromatic heterocycles. The van der Waals surface area contributed by atoms with Crippen molar-refractivity contribution in [2.45, 2.75) is 12.8 Å². The summed E-state index contributed by atoms with van der Waals surface area (Å²) in [6, 6.07) is 14.6. The van der Waals surface area contributed by atoms with Gasteiger partial charge in [-0.2, -0.15) is 0 Å². The maximum Gasteiger partial charge on any atom is 0.151 e. The van der Waals surface area contributed by atoms with Crippen LogP contribution in [0.25, 0.3) is 0 Å². The van der Waals surface area contributed by atoms with E-state index >= 15 is 0 Å². The van der Waals surface area contributed by atoms with Gasteiger partial charge in [-0.25, -0.2) is 4.98 Å². The lowest BCUT2D eigenvalue weighted by atomic mass is 10.1. The Bertz CT molecular complexity index is 494. The summed E-state index contributed by atoms with van der Waals surface area (Å²) >= 11 is 0. The highest BCUT2D eigenvalue weighted by molar-refractivity contribution is 5.64. The number of aryl methyl sites for hydroxylation is 1. The smallest absolute Gasteiger partial charge is 0.151 e. The Kier molecular flexibility index (Phi) is 4.78. The molecule has 1 heterocycles. The second-order valence-corrected chi connectivity index (χ2v) is 4.78. The summed E-state index contributed by atoms with van der Waals surface area (Å²) in [5.74, 6) is 0.988. The Morgan fingerprint density at radius 3 is 2.58 bits per heavy atom. The van der Waals surface area contributed by atoms with Gasteiger partial charge in [0.1, 0.15) is 0 Å². The molecule has 0 aliphatic carbocycles. The molecular weight excluding hydrogens is 234 g/mol. The topological polar surface area (TPSA) is 28.2 Å². The van der Waals surface area contributed by atoms with Crippen LogP contribution in [-0.2, 0) is 6.42 Å². The molecule has 3 nitrogen and oxygen atoms in total. The van der Waals surface area contributed by atoms with Crippen LogP contribution in [0.2, 0.25) is 0 Å². The van der Waals surface area contributed by atoms with E-state index in [1.807, 2.05) is 31.3 Å². The Balaban J connectivity index is 1.83.